The van der Waals surface area contributed by atoms with E-state index in [-0.39, 0.29) is 0 Å². The minimum absolute atomic E-state index is 0.298. The summed E-state index contributed by atoms with van der Waals surface area (Å²) in [6, 6.07) is 6.79. The molecule has 34 heavy (non-hydrogen) atoms. The average molecular weight is 475 g/mol. The summed E-state index contributed by atoms with van der Waals surface area (Å²) in [6.07, 6.45) is 16.5. The topological polar surface area (TPSA) is 52.6 Å². The van der Waals surface area contributed by atoms with Gasteiger partial charge in [-0.3, -0.25) is 0 Å². The number of hydrogen-bond donors (Lipinski definition) is 0. The third-order valence-electron chi connectivity index (χ3n) is 6.18. The van der Waals surface area contributed by atoms with E-state index in [0.717, 1.165) is 37.5 Å². The smallest absolute Gasteiger partial charge is 0.339 e. The zero-order valence-electron chi connectivity index (χ0n) is 22.4. The van der Waals surface area contributed by atoms with Crippen LogP contribution in [-0.2, 0) is 9.47 Å². The van der Waals surface area contributed by atoms with Gasteiger partial charge in [-0.05, 0) is 36.8 Å². The third-order valence-corrected chi connectivity index (χ3v) is 6.18. The first-order valence-corrected chi connectivity index (χ1v) is 13.8. The highest BCUT2D eigenvalue weighted by Crippen LogP contribution is 2.15. The SMILES string of the molecule is CC(C)CCCCCCCCOC(=O)c1ccccc1C(=O)OCCCCCCCCC(C)C. The molecule has 1 aromatic carbocycles. The molecule has 0 aromatic heterocycles. The Morgan fingerprint density at radius 2 is 0.882 bits per heavy atom. The molecule has 1 rings (SSSR count). The maximum atomic E-state index is 12.5. The number of hydrogen-bond acceptors (Lipinski definition) is 4. The predicted octanol–water partition coefficient (Wildman–Crippen LogP) is 8.77. The monoisotopic (exact) mass is 474 g/mol. The van der Waals surface area contributed by atoms with Crippen LogP contribution < -0.4 is 0 Å². The van der Waals surface area contributed by atoms with E-state index in [0.29, 0.717) is 24.3 Å². The Balaban J connectivity index is 2.22. The van der Waals surface area contributed by atoms with E-state index in [1.807, 2.05) is 0 Å². The molecule has 1 aromatic rings. The summed E-state index contributed by atoms with van der Waals surface area (Å²) in [5.41, 5.74) is 0.595. The summed E-state index contributed by atoms with van der Waals surface area (Å²) in [5.74, 6) is 0.694. The number of benzene rings is 1. The van der Waals surface area contributed by atoms with Crippen molar-refractivity contribution in [3.63, 3.8) is 0 Å². The second-order valence-electron chi connectivity index (χ2n) is 10.4. The van der Waals surface area contributed by atoms with Crippen LogP contribution in [-0.4, -0.2) is 25.2 Å². The van der Waals surface area contributed by atoms with E-state index in [4.69, 9.17) is 9.47 Å². The molecule has 194 valence electrons. The van der Waals surface area contributed by atoms with Crippen molar-refractivity contribution < 1.29 is 19.1 Å². The number of rotatable bonds is 20. The molecule has 0 bridgehead atoms. The molecule has 0 heterocycles. The van der Waals surface area contributed by atoms with Gasteiger partial charge in [0, 0.05) is 0 Å². The number of ether oxygens (including phenoxy) is 2. The Morgan fingerprint density at radius 3 is 1.24 bits per heavy atom. The van der Waals surface area contributed by atoms with Gasteiger partial charge < -0.3 is 9.47 Å². The van der Waals surface area contributed by atoms with Crippen LogP contribution in [0.5, 0.6) is 0 Å². The van der Waals surface area contributed by atoms with Crippen LogP contribution in [0.2, 0.25) is 0 Å². The lowest BCUT2D eigenvalue weighted by Gasteiger charge is -2.10. The summed E-state index contributed by atoms with van der Waals surface area (Å²) >= 11 is 0. The standard InChI is InChI=1S/C30H50O4/c1-25(2)19-13-9-5-7-11-17-23-33-29(31)27-21-15-16-22-28(27)30(32)34-24-18-12-8-6-10-14-20-26(3)4/h15-16,21-22,25-26H,5-14,17-20,23-24H2,1-4H3. The van der Waals surface area contributed by atoms with Gasteiger partial charge in [0.05, 0.1) is 24.3 Å². The Bertz CT molecular complexity index is 609. The fourth-order valence-corrected chi connectivity index (χ4v) is 4.05. The van der Waals surface area contributed by atoms with E-state index >= 15 is 0 Å². The van der Waals surface area contributed by atoms with Crippen LogP contribution in [0.1, 0.15) is 138 Å². The van der Waals surface area contributed by atoms with Gasteiger partial charge in [-0.15, -0.1) is 0 Å². The van der Waals surface area contributed by atoms with E-state index in [1.54, 1.807) is 24.3 Å². The van der Waals surface area contributed by atoms with Crippen LogP contribution >= 0.6 is 0 Å². The number of carbonyl (C=O) groups excluding carboxylic acids is 2. The molecule has 0 aliphatic rings. The summed E-state index contributed by atoms with van der Waals surface area (Å²) in [5, 5.41) is 0. The number of esters is 2. The molecule has 4 heteroatoms. The molecule has 0 amide bonds. The van der Waals surface area contributed by atoms with Gasteiger partial charge in [0.25, 0.3) is 0 Å². The Hall–Kier alpha value is -1.84. The Kier molecular flexibility index (Phi) is 17.3. The minimum atomic E-state index is -0.439. The van der Waals surface area contributed by atoms with Crippen LogP contribution in [0.25, 0.3) is 0 Å². The van der Waals surface area contributed by atoms with Crippen molar-refractivity contribution in [2.45, 2.75) is 118 Å². The normalized spacial score (nSPS) is 11.2. The van der Waals surface area contributed by atoms with Gasteiger partial charge in [-0.1, -0.05) is 117 Å². The highest BCUT2D eigenvalue weighted by molar-refractivity contribution is 6.03. The second kappa shape index (κ2) is 19.5. The van der Waals surface area contributed by atoms with Crippen LogP contribution in [0, 0.1) is 11.8 Å². The summed E-state index contributed by atoms with van der Waals surface area (Å²) in [7, 11) is 0. The van der Waals surface area contributed by atoms with Gasteiger partial charge in [0.15, 0.2) is 0 Å². The molecule has 0 aliphatic heterocycles. The van der Waals surface area contributed by atoms with Crippen molar-refractivity contribution in [2.24, 2.45) is 11.8 Å². The number of carbonyl (C=O) groups is 2. The van der Waals surface area contributed by atoms with Crippen molar-refractivity contribution in [1.29, 1.82) is 0 Å². The van der Waals surface area contributed by atoms with Gasteiger partial charge in [-0.25, -0.2) is 9.59 Å². The van der Waals surface area contributed by atoms with Crippen LogP contribution in [0.3, 0.4) is 0 Å². The highest BCUT2D eigenvalue weighted by atomic mass is 16.5. The first-order chi connectivity index (χ1) is 16.4. The fourth-order valence-electron chi connectivity index (χ4n) is 4.05. The third kappa shape index (κ3) is 15.1. The van der Waals surface area contributed by atoms with Crippen molar-refractivity contribution >= 4 is 11.9 Å². The van der Waals surface area contributed by atoms with Gasteiger partial charge in [0.1, 0.15) is 0 Å². The van der Waals surface area contributed by atoms with E-state index in [1.165, 1.54) is 64.2 Å². The van der Waals surface area contributed by atoms with Crippen molar-refractivity contribution in [3.8, 4) is 0 Å². The van der Waals surface area contributed by atoms with E-state index in [2.05, 4.69) is 27.7 Å². The minimum Gasteiger partial charge on any atom is -0.462 e. The molecule has 0 atom stereocenters. The summed E-state index contributed by atoms with van der Waals surface area (Å²) in [4.78, 5) is 25.0. The molecular formula is C30H50O4. The lowest BCUT2D eigenvalue weighted by molar-refractivity contribution is 0.0450. The zero-order valence-corrected chi connectivity index (χ0v) is 22.4. The lowest BCUT2D eigenvalue weighted by Crippen LogP contribution is -2.15. The highest BCUT2D eigenvalue weighted by Gasteiger charge is 2.18. The quantitative estimate of drug-likeness (QED) is 0.140. The zero-order chi connectivity index (χ0) is 25.0. The molecule has 0 fully saturated rings. The predicted molar refractivity (Wildman–Crippen MR) is 141 cm³/mol. The van der Waals surface area contributed by atoms with Gasteiger partial charge in [-0.2, -0.15) is 0 Å². The first kappa shape index (κ1) is 30.2. The molecule has 0 spiro atoms. The molecule has 0 unspecified atom stereocenters. The Labute approximate surface area is 209 Å². The van der Waals surface area contributed by atoms with Gasteiger partial charge in [0.2, 0.25) is 0 Å². The fraction of sp³-hybridized carbons (Fsp3) is 0.733. The van der Waals surface area contributed by atoms with Crippen LogP contribution in [0.4, 0.5) is 0 Å². The summed E-state index contributed by atoms with van der Waals surface area (Å²) < 4.78 is 10.9. The van der Waals surface area contributed by atoms with E-state index < -0.39 is 11.9 Å². The lowest BCUT2D eigenvalue weighted by atomic mass is 10.0. The van der Waals surface area contributed by atoms with Crippen molar-refractivity contribution in [1.82, 2.24) is 0 Å². The molecule has 0 saturated carbocycles. The maximum Gasteiger partial charge on any atom is 0.339 e. The molecule has 4 nitrogen and oxygen atoms in total. The summed E-state index contributed by atoms with van der Waals surface area (Å²) in [6.45, 7) is 9.86. The molecular weight excluding hydrogens is 424 g/mol. The van der Waals surface area contributed by atoms with Crippen molar-refractivity contribution in [3.05, 3.63) is 35.4 Å². The molecule has 0 radical (unpaired) electrons. The largest absolute Gasteiger partial charge is 0.462 e. The number of unbranched alkanes of at least 4 members (excludes halogenated alkanes) is 10. The van der Waals surface area contributed by atoms with Crippen molar-refractivity contribution in [2.75, 3.05) is 13.2 Å². The molecule has 0 N–H and O–H groups in total. The molecule has 0 aliphatic carbocycles. The van der Waals surface area contributed by atoms with Gasteiger partial charge >= 0.3 is 11.9 Å². The van der Waals surface area contributed by atoms with Crippen LogP contribution in [0.15, 0.2) is 24.3 Å². The average Bonchev–Trinajstić information content (AvgIpc) is 2.81. The second-order valence-corrected chi connectivity index (χ2v) is 10.4. The molecule has 0 saturated heterocycles. The van der Waals surface area contributed by atoms with E-state index in [9.17, 15) is 9.59 Å². The first-order valence-electron chi connectivity index (χ1n) is 13.8. The Morgan fingerprint density at radius 1 is 0.559 bits per heavy atom. The maximum absolute atomic E-state index is 12.5.